The summed E-state index contributed by atoms with van der Waals surface area (Å²) < 4.78 is 16.8. The van der Waals surface area contributed by atoms with Gasteiger partial charge >= 0.3 is 5.97 Å². The highest BCUT2D eigenvalue weighted by Gasteiger charge is 2.44. The molecule has 1 fully saturated rings. The zero-order valence-electron chi connectivity index (χ0n) is 19.5. The van der Waals surface area contributed by atoms with Crippen LogP contribution < -0.4 is 4.74 Å². The molecule has 3 rings (SSSR count). The van der Waals surface area contributed by atoms with Crippen LogP contribution in [0.2, 0.25) is 0 Å². The van der Waals surface area contributed by atoms with E-state index in [1.165, 1.54) is 44.1 Å². The summed E-state index contributed by atoms with van der Waals surface area (Å²) in [5.41, 5.74) is 3.14. The van der Waals surface area contributed by atoms with Gasteiger partial charge in [-0.05, 0) is 62.6 Å². The van der Waals surface area contributed by atoms with Crippen molar-refractivity contribution in [2.75, 3.05) is 0 Å². The number of rotatable bonds is 11. The zero-order valence-corrected chi connectivity index (χ0v) is 19.5. The van der Waals surface area contributed by atoms with Crippen LogP contribution in [0.25, 0.3) is 11.3 Å². The molecule has 0 bridgehead atoms. The molecule has 1 aliphatic rings. The molecular weight excluding hydrogens is 402 g/mol. The molecule has 0 radical (unpaired) electrons. The Morgan fingerprint density at radius 2 is 1.78 bits per heavy atom. The minimum Gasteiger partial charge on any atom is -0.425 e. The number of nitrogens with zero attached hydrogens (tertiary/aromatic N) is 1. The van der Waals surface area contributed by atoms with E-state index >= 15 is 0 Å². The van der Waals surface area contributed by atoms with Crippen LogP contribution in [0.5, 0.6) is 5.75 Å². The Kier molecular flexibility index (Phi) is 8.60. The predicted molar refractivity (Wildman–Crippen MR) is 126 cm³/mol. The average Bonchev–Trinajstić information content (AvgIpc) is 3.12. The molecule has 32 heavy (non-hydrogen) atoms. The van der Waals surface area contributed by atoms with Gasteiger partial charge in [-0.15, -0.1) is 6.58 Å². The Bertz CT molecular complexity index is 874. The average molecular weight is 438 g/mol. The molecule has 0 unspecified atom stereocenters. The van der Waals surface area contributed by atoms with E-state index in [9.17, 15) is 4.79 Å². The van der Waals surface area contributed by atoms with Crippen molar-refractivity contribution in [2.45, 2.75) is 83.7 Å². The van der Waals surface area contributed by atoms with Crippen molar-refractivity contribution in [3.63, 3.8) is 0 Å². The highest BCUT2D eigenvalue weighted by Crippen LogP contribution is 2.30. The third-order valence-electron chi connectivity index (χ3n) is 5.61. The van der Waals surface area contributed by atoms with Crippen LogP contribution in [0.4, 0.5) is 0 Å². The Labute approximate surface area is 191 Å². The van der Waals surface area contributed by atoms with Gasteiger partial charge in [0, 0.05) is 11.8 Å². The standard InChI is InChI=1S/C27H35NO4/c1-5-7-8-9-10-11-12-20-13-18-23(28-19-20)21-14-16-22(17-15-21)30-26(29)25-24(6-2)31-27(3,4)32-25/h6,13-19,24-25H,2,5,7-12H2,1,3-4H3/t24-,25-/m1/s1. The lowest BCUT2D eigenvalue weighted by molar-refractivity contribution is -0.163. The fourth-order valence-corrected chi connectivity index (χ4v) is 3.86. The second-order valence-corrected chi connectivity index (χ2v) is 8.77. The maximum atomic E-state index is 12.5. The summed E-state index contributed by atoms with van der Waals surface area (Å²) in [7, 11) is 0. The van der Waals surface area contributed by atoms with Gasteiger partial charge in [-0.2, -0.15) is 0 Å². The van der Waals surface area contributed by atoms with Gasteiger partial charge < -0.3 is 14.2 Å². The minimum atomic E-state index is -0.848. The molecule has 0 spiro atoms. The number of unbranched alkanes of at least 4 members (excludes halogenated alkanes) is 5. The van der Waals surface area contributed by atoms with Gasteiger partial charge in [-0.25, -0.2) is 4.79 Å². The number of aromatic nitrogens is 1. The summed E-state index contributed by atoms with van der Waals surface area (Å²) in [5.74, 6) is -0.890. The molecule has 2 atom stereocenters. The Morgan fingerprint density at radius 3 is 2.44 bits per heavy atom. The number of carbonyl (C=O) groups excluding carboxylic acids is 1. The fourth-order valence-electron chi connectivity index (χ4n) is 3.86. The van der Waals surface area contributed by atoms with Crippen molar-refractivity contribution < 1.29 is 19.0 Å². The molecule has 172 valence electrons. The quantitative estimate of drug-likeness (QED) is 0.180. The van der Waals surface area contributed by atoms with E-state index in [0.29, 0.717) is 5.75 Å². The summed E-state index contributed by atoms with van der Waals surface area (Å²) in [6.07, 6.45) is 11.0. The molecule has 2 aromatic rings. The lowest BCUT2D eigenvalue weighted by atomic mass is 10.1. The van der Waals surface area contributed by atoms with Crippen LogP contribution in [0.1, 0.15) is 64.9 Å². The first-order valence-corrected chi connectivity index (χ1v) is 11.7. The van der Waals surface area contributed by atoms with Gasteiger partial charge in [0.1, 0.15) is 11.9 Å². The second-order valence-electron chi connectivity index (χ2n) is 8.77. The first-order chi connectivity index (χ1) is 15.4. The van der Waals surface area contributed by atoms with Gasteiger partial charge in [-0.3, -0.25) is 4.98 Å². The van der Waals surface area contributed by atoms with Gasteiger partial charge in [0.2, 0.25) is 0 Å². The van der Waals surface area contributed by atoms with Crippen LogP contribution in [0.15, 0.2) is 55.3 Å². The van der Waals surface area contributed by atoms with E-state index in [4.69, 9.17) is 14.2 Å². The van der Waals surface area contributed by atoms with Crippen molar-refractivity contribution in [3.8, 4) is 17.0 Å². The molecule has 0 amide bonds. The molecule has 0 saturated carbocycles. The van der Waals surface area contributed by atoms with E-state index in [0.717, 1.165) is 17.7 Å². The topological polar surface area (TPSA) is 57.7 Å². The van der Waals surface area contributed by atoms with Gasteiger partial charge in [0.05, 0.1) is 5.69 Å². The normalized spacial score (nSPS) is 19.6. The van der Waals surface area contributed by atoms with E-state index in [1.807, 2.05) is 24.4 Å². The predicted octanol–water partition coefficient (Wildman–Crippen LogP) is 6.26. The SMILES string of the molecule is C=C[C@H]1OC(C)(C)O[C@H]1C(=O)Oc1ccc(-c2ccc(CCCCCCCC)cn2)cc1. The monoisotopic (exact) mass is 437 g/mol. The Morgan fingerprint density at radius 1 is 1.06 bits per heavy atom. The molecule has 5 heteroatoms. The molecule has 1 aliphatic heterocycles. The van der Waals surface area contributed by atoms with E-state index < -0.39 is 24.0 Å². The number of carbonyl (C=O) groups is 1. The number of hydrogen-bond acceptors (Lipinski definition) is 5. The minimum absolute atomic E-state index is 0.453. The van der Waals surface area contributed by atoms with Crippen molar-refractivity contribution in [2.24, 2.45) is 0 Å². The smallest absolute Gasteiger partial charge is 0.343 e. The van der Waals surface area contributed by atoms with Gasteiger partial charge in [0.15, 0.2) is 11.9 Å². The lowest BCUT2D eigenvalue weighted by Crippen LogP contribution is -2.34. The summed E-state index contributed by atoms with van der Waals surface area (Å²) >= 11 is 0. The van der Waals surface area contributed by atoms with E-state index in [1.54, 1.807) is 32.1 Å². The highest BCUT2D eigenvalue weighted by molar-refractivity contribution is 5.79. The third-order valence-corrected chi connectivity index (χ3v) is 5.61. The molecule has 0 aliphatic carbocycles. The first kappa shape index (κ1) is 24.1. The molecule has 1 saturated heterocycles. The third kappa shape index (κ3) is 6.75. The number of esters is 1. The largest absolute Gasteiger partial charge is 0.425 e. The van der Waals surface area contributed by atoms with Crippen LogP contribution in [0, 0.1) is 0 Å². The van der Waals surface area contributed by atoms with E-state index in [-0.39, 0.29) is 0 Å². The Balaban J connectivity index is 1.52. The maximum absolute atomic E-state index is 12.5. The number of ether oxygens (including phenoxy) is 3. The summed E-state index contributed by atoms with van der Waals surface area (Å²) in [5, 5.41) is 0. The molecule has 1 aromatic heterocycles. The van der Waals surface area contributed by atoms with Crippen LogP contribution in [-0.2, 0) is 20.7 Å². The zero-order chi connectivity index (χ0) is 23.0. The van der Waals surface area contributed by atoms with Gasteiger partial charge in [0.25, 0.3) is 0 Å². The molecule has 1 aromatic carbocycles. The van der Waals surface area contributed by atoms with Gasteiger partial charge in [-0.1, -0.05) is 51.2 Å². The van der Waals surface area contributed by atoms with Crippen LogP contribution >= 0.6 is 0 Å². The van der Waals surface area contributed by atoms with Crippen LogP contribution in [-0.4, -0.2) is 28.9 Å². The molecule has 2 heterocycles. The van der Waals surface area contributed by atoms with Crippen molar-refractivity contribution in [1.29, 1.82) is 0 Å². The lowest BCUT2D eigenvalue weighted by Gasteiger charge is -2.16. The number of hydrogen-bond donors (Lipinski definition) is 0. The second kappa shape index (κ2) is 11.4. The Hall–Kier alpha value is -2.50. The molecule has 5 nitrogen and oxygen atoms in total. The number of benzene rings is 1. The molecule has 0 N–H and O–H groups in total. The number of aryl methyl sites for hydroxylation is 1. The van der Waals surface area contributed by atoms with Crippen LogP contribution in [0.3, 0.4) is 0 Å². The fraction of sp³-hybridized carbons (Fsp3) is 0.481. The van der Waals surface area contributed by atoms with Crippen molar-refractivity contribution >= 4 is 5.97 Å². The number of pyridine rings is 1. The summed E-state index contributed by atoms with van der Waals surface area (Å²) in [6, 6.07) is 11.5. The maximum Gasteiger partial charge on any atom is 0.343 e. The summed E-state index contributed by atoms with van der Waals surface area (Å²) in [6.45, 7) is 9.48. The van der Waals surface area contributed by atoms with Crippen molar-refractivity contribution in [1.82, 2.24) is 4.98 Å². The highest BCUT2D eigenvalue weighted by atomic mass is 16.8. The first-order valence-electron chi connectivity index (χ1n) is 11.7. The van der Waals surface area contributed by atoms with Crippen molar-refractivity contribution in [3.05, 3.63) is 60.8 Å². The van der Waals surface area contributed by atoms with E-state index in [2.05, 4.69) is 24.6 Å². The summed E-state index contributed by atoms with van der Waals surface area (Å²) in [4.78, 5) is 17.1. The molecular formula is C27H35NO4.